The predicted molar refractivity (Wildman–Crippen MR) is 80.0 cm³/mol. The summed E-state index contributed by atoms with van der Waals surface area (Å²) in [6, 6.07) is 3.90. The first-order chi connectivity index (χ1) is 9.83. The van der Waals surface area contributed by atoms with Gasteiger partial charge in [-0.2, -0.15) is 0 Å². The third-order valence-corrected chi connectivity index (χ3v) is 4.11. The average Bonchev–Trinajstić information content (AvgIpc) is 2.97. The van der Waals surface area contributed by atoms with Gasteiger partial charge < -0.3 is 14.8 Å². The summed E-state index contributed by atoms with van der Waals surface area (Å²) < 4.78 is 11.1. The van der Waals surface area contributed by atoms with Gasteiger partial charge in [-0.15, -0.1) is 11.3 Å². The van der Waals surface area contributed by atoms with Gasteiger partial charge in [-0.1, -0.05) is 11.6 Å². The van der Waals surface area contributed by atoms with E-state index in [9.17, 15) is 0 Å². The monoisotopic (exact) mass is 310 g/mol. The topological polar surface area (TPSA) is 43.4 Å². The van der Waals surface area contributed by atoms with Crippen molar-refractivity contribution in [2.75, 3.05) is 19.8 Å². The molecular formula is C14H15ClN2O2S. The number of aromatic nitrogens is 1. The number of rotatable bonds is 5. The normalized spacial score (nSPS) is 13.4. The van der Waals surface area contributed by atoms with Crippen LogP contribution in [-0.2, 0) is 13.0 Å². The third-order valence-electron chi connectivity index (χ3n) is 2.98. The summed E-state index contributed by atoms with van der Waals surface area (Å²) in [5.41, 5.74) is 1.10. The number of benzene rings is 1. The molecule has 2 aromatic rings. The number of halogens is 1. The van der Waals surface area contributed by atoms with Crippen molar-refractivity contribution < 1.29 is 9.47 Å². The van der Waals surface area contributed by atoms with E-state index in [1.54, 1.807) is 11.3 Å². The molecule has 0 fully saturated rings. The molecule has 0 aliphatic carbocycles. The molecule has 1 aromatic heterocycles. The molecule has 1 aliphatic heterocycles. The second-order valence-electron chi connectivity index (χ2n) is 4.45. The summed E-state index contributed by atoms with van der Waals surface area (Å²) in [6.45, 7) is 2.77. The molecule has 4 nitrogen and oxygen atoms in total. The van der Waals surface area contributed by atoms with E-state index in [-0.39, 0.29) is 0 Å². The van der Waals surface area contributed by atoms with E-state index in [1.807, 2.05) is 23.7 Å². The zero-order chi connectivity index (χ0) is 13.8. The Morgan fingerprint density at radius 3 is 3.05 bits per heavy atom. The van der Waals surface area contributed by atoms with Gasteiger partial charge in [0.2, 0.25) is 0 Å². The van der Waals surface area contributed by atoms with Gasteiger partial charge in [0, 0.05) is 31.1 Å². The minimum Gasteiger partial charge on any atom is -0.486 e. The molecule has 0 bridgehead atoms. The number of hydrogen-bond acceptors (Lipinski definition) is 5. The van der Waals surface area contributed by atoms with Crippen molar-refractivity contribution in [3.63, 3.8) is 0 Å². The molecule has 2 heterocycles. The van der Waals surface area contributed by atoms with Crippen LogP contribution in [0.3, 0.4) is 0 Å². The fourth-order valence-corrected chi connectivity index (χ4v) is 2.98. The zero-order valence-corrected chi connectivity index (χ0v) is 12.5. The van der Waals surface area contributed by atoms with Crippen LogP contribution in [0.25, 0.3) is 0 Å². The minimum atomic E-state index is 0.554. The molecule has 6 heteroatoms. The number of thiazole rings is 1. The first-order valence-electron chi connectivity index (χ1n) is 6.50. The highest BCUT2D eigenvalue weighted by molar-refractivity contribution is 7.09. The summed E-state index contributed by atoms with van der Waals surface area (Å²) >= 11 is 7.88. The molecule has 1 aromatic carbocycles. The van der Waals surface area contributed by atoms with Crippen molar-refractivity contribution in [1.82, 2.24) is 10.3 Å². The highest BCUT2D eigenvalue weighted by Gasteiger charge is 2.16. The molecule has 0 amide bonds. The van der Waals surface area contributed by atoms with Gasteiger partial charge in [0.15, 0.2) is 11.5 Å². The summed E-state index contributed by atoms with van der Waals surface area (Å²) in [5, 5.41) is 7.14. The van der Waals surface area contributed by atoms with E-state index >= 15 is 0 Å². The summed E-state index contributed by atoms with van der Waals surface area (Å²) in [4.78, 5) is 4.25. The molecule has 0 saturated carbocycles. The van der Waals surface area contributed by atoms with Gasteiger partial charge in [0.1, 0.15) is 13.2 Å². The molecule has 0 saturated heterocycles. The molecule has 106 valence electrons. The van der Waals surface area contributed by atoms with Crippen LogP contribution in [0.1, 0.15) is 10.6 Å². The minimum absolute atomic E-state index is 0.554. The molecule has 0 radical (unpaired) electrons. The highest BCUT2D eigenvalue weighted by Crippen LogP contribution is 2.38. The number of nitrogens with zero attached hydrogens (tertiary/aromatic N) is 1. The highest BCUT2D eigenvalue weighted by atomic mass is 35.5. The molecular weight excluding hydrogens is 296 g/mol. The van der Waals surface area contributed by atoms with E-state index < -0.39 is 0 Å². The Hall–Kier alpha value is -1.30. The van der Waals surface area contributed by atoms with Crippen LogP contribution >= 0.6 is 22.9 Å². The van der Waals surface area contributed by atoms with Gasteiger partial charge in [-0.3, -0.25) is 0 Å². The molecule has 1 N–H and O–H groups in total. The molecule has 20 heavy (non-hydrogen) atoms. The van der Waals surface area contributed by atoms with Crippen LogP contribution in [0.2, 0.25) is 5.02 Å². The van der Waals surface area contributed by atoms with E-state index in [4.69, 9.17) is 21.1 Å². The standard InChI is InChI=1S/C14H15ClN2O2S/c15-11-7-10(8-12-14(11)19-5-4-18-12)9-16-2-1-13-17-3-6-20-13/h3,6-8,16H,1-2,4-5,9H2. The van der Waals surface area contributed by atoms with Crippen LogP contribution in [0, 0.1) is 0 Å². The van der Waals surface area contributed by atoms with Gasteiger partial charge in [-0.25, -0.2) is 4.98 Å². The Balaban J connectivity index is 1.56. The summed E-state index contributed by atoms with van der Waals surface area (Å²) in [7, 11) is 0. The maximum Gasteiger partial charge on any atom is 0.179 e. The van der Waals surface area contributed by atoms with Crippen LogP contribution in [0.4, 0.5) is 0 Å². The van der Waals surface area contributed by atoms with Gasteiger partial charge in [0.25, 0.3) is 0 Å². The third kappa shape index (κ3) is 3.23. The Morgan fingerprint density at radius 2 is 2.20 bits per heavy atom. The molecule has 1 aliphatic rings. The summed E-state index contributed by atoms with van der Waals surface area (Å²) in [5.74, 6) is 1.39. The molecule has 3 rings (SSSR count). The van der Waals surface area contributed by atoms with Gasteiger partial charge in [-0.05, 0) is 17.7 Å². The number of nitrogens with one attached hydrogen (secondary N) is 1. The van der Waals surface area contributed by atoms with E-state index in [1.165, 1.54) is 0 Å². The predicted octanol–water partition coefficient (Wildman–Crippen LogP) is 2.90. The van der Waals surface area contributed by atoms with E-state index in [0.717, 1.165) is 35.8 Å². The number of hydrogen-bond donors (Lipinski definition) is 1. The first-order valence-corrected chi connectivity index (χ1v) is 7.76. The molecule has 0 spiro atoms. The average molecular weight is 311 g/mol. The van der Waals surface area contributed by atoms with Crippen LogP contribution < -0.4 is 14.8 Å². The fourth-order valence-electron chi connectivity index (χ4n) is 2.07. The number of fused-ring (bicyclic) bond motifs is 1. The van der Waals surface area contributed by atoms with Crippen molar-refractivity contribution in [3.8, 4) is 11.5 Å². The lowest BCUT2D eigenvalue weighted by molar-refractivity contribution is 0.171. The molecule has 0 atom stereocenters. The lowest BCUT2D eigenvalue weighted by atomic mass is 10.2. The lowest BCUT2D eigenvalue weighted by Crippen LogP contribution is -2.18. The van der Waals surface area contributed by atoms with Crippen molar-refractivity contribution >= 4 is 22.9 Å². The van der Waals surface area contributed by atoms with Crippen molar-refractivity contribution in [2.45, 2.75) is 13.0 Å². The Bertz CT molecular complexity index is 575. The molecule has 0 unspecified atom stereocenters. The van der Waals surface area contributed by atoms with Crippen molar-refractivity contribution in [2.24, 2.45) is 0 Å². The lowest BCUT2D eigenvalue weighted by Gasteiger charge is -2.20. The van der Waals surface area contributed by atoms with Gasteiger partial charge in [0.05, 0.1) is 10.0 Å². The maximum absolute atomic E-state index is 6.20. The van der Waals surface area contributed by atoms with Crippen LogP contribution in [-0.4, -0.2) is 24.7 Å². The van der Waals surface area contributed by atoms with Crippen molar-refractivity contribution in [3.05, 3.63) is 39.3 Å². The maximum atomic E-state index is 6.20. The zero-order valence-electron chi connectivity index (χ0n) is 10.9. The second kappa shape index (κ2) is 6.43. The van der Waals surface area contributed by atoms with Crippen LogP contribution in [0.15, 0.2) is 23.7 Å². The largest absolute Gasteiger partial charge is 0.486 e. The summed E-state index contributed by atoms with van der Waals surface area (Å²) in [6.07, 6.45) is 2.77. The van der Waals surface area contributed by atoms with Gasteiger partial charge >= 0.3 is 0 Å². The van der Waals surface area contributed by atoms with E-state index in [2.05, 4.69) is 10.3 Å². The van der Waals surface area contributed by atoms with E-state index in [0.29, 0.717) is 24.0 Å². The second-order valence-corrected chi connectivity index (χ2v) is 5.84. The Kier molecular flexibility index (Phi) is 4.40. The smallest absolute Gasteiger partial charge is 0.179 e. The Morgan fingerprint density at radius 1 is 1.30 bits per heavy atom. The fraction of sp³-hybridized carbons (Fsp3) is 0.357. The number of ether oxygens (including phenoxy) is 2. The SMILES string of the molecule is Clc1cc(CNCCc2nccs2)cc2c1OCCO2. The van der Waals surface area contributed by atoms with Crippen LogP contribution in [0.5, 0.6) is 11.5 Å². The quantitative estimate of drug-likeness (QED) is 0.862. The van der Waals surface area contributed by atoms with Crippen molar-refractivity contribution in [1.29, 1.82) is 0 Å². The first kappa shape index (κ1) is 13.7. The Labute approximate surface area is 126 Å².